The summed E-state index contributed by atoms with van der Waals surface area (Å²) in [5.41, 5.74) is 2.05. The summed E-state index contributed by atoms with van der Waals surface area (Å²) in [5, 5.41) is 6.39. The van der Waals surface area contributed by atoms with E-state index in [2.05, 4.69) is 27.2 Å². The summed E-state index contributed by atoms with van der Waals surface area (Å²) in [7, 11) is 1.66. The maximum Gasteiger partial charge on any atom is 0.225 e. The average molecular weight is 284 g/mol. The van der Waals surface area contributed by atoms with Crippen LogP contribution in [0.4, 0.5) is 11.8 Å². The molecule has 1 aromatic heterocycles. The second-order valence-electron chi connectivity index (χ2n) is 4.59. The van der Waals surface area contributed by atoms with Crippen LogP contribution in [0.15, 0.2) is 43.0 Å². The quantitative estimate of drug-likeness (QED) is 0.765. The third-order valence-electron chi connectivity index (χ3n) is 2.89. The van der Waals surface area contributed by atoms with Crippen LogP contribution in [0.3, 0.4) is 0 Å². The van der Waals surface area contributed by atoms with Crippen molar-refractivity contribution in [2.45, 2.75) is 13.5 Å². The van der Waals surface area contributed by atoms with Crippen LogP contribution in [-0.4, -0.2) is 23.6 Å². The molecule has 21 heavy (non-hydrogen) atoms. The van der Waals surface area contributed by atoms with Crippen molar-refractivity contribution < 1.29 is 4.74 Å². The molecular weight excluding hydrogens is 264 g/mol. The highest BCUT2D eigenvalue weighted by molar-refractivity contribution is 5.43. The third kappa shape index (κ3) is 4.49. The van der Waals surface area contributed by atoms with E-state index in [0.29, 0.717) is 19.0 Å². The number of methoxy groups -OCH3 is 1. The smallest absolute Gasteiger partial charge is 0.225 e. The number of nitrogens with zero attached hydrogens (tertiary/aromatic N) is 2. The Balaban J connectivity index is 2.01. The van der Waals surface area contributed by atoms with E-state index in [0.717, 1.165) is 22.8 Å². The van der Waals surface area contributed by atoms with Crippen molar-refractivity contribution in [2.24, 2.45) is 0 Å². The Morgan fingerprint density at radius 3 is 2.62 bits per heavy atom. The third-order valence-corrected chi connectivity index (χ3v) is 2.89. The van der Waals surface area contributed by atoms with Crippen LogP contribution in [-0.2, 0) is 6.54 Å². The van der Waals surface area contributed by atoms with Gasteiger partial charge in [-0.2, -0.15) is 4.98 Å². The topological polar surface area (TPSA) is 59.1 Å². The van der Waals surface area contributed by atoms with Crippen LogP contribution >= 0.6 is 0 Å². The molecule has 2 N–H and O–H groups in total. The Kier molecular flexibility index (Phi) is 5.15. The van der Waals surface area contributed by atoms with E-state index in [4.69, 9.17) is 4.74 Å². The zero-order valence-electron chi connectivity index (χ0n) is 12.4. The van der Waals surface area contributed by atoms with Crippen molar-refractivity contribution in [1.29, 1.82) is 0 Å². The summed E-state index contributed by atoms with van der Waals surface area (Å²) in [6, 6.07) is 9.80. The molecule has 2 aromatic rings. The highest BCUT2D eigenvalue weighted by Crippen LogP contribution is 2.13. The number of aryl methyl sites for hydroxylation is 1. The van der Waals surface area contributed by atoms with E-state index in [1.807, 2.05) is 37.3 Å². The largest absolute Gasteiger partial charge is 0.497 e. The molecule has 0 aliphatic heterocycles. The minimum Gasteiger partial charge on any atom is -0.497 e. The Morgan fingerprint density at radius 1 is 1.19 bits per heavy atom. The fourth-order valence-corrected chi connectivity index (χ4v) is 1.84. The van der Waals surface area contributed by atoms with Gasteiger partial charge in [0.15, 0.2) is 0 Å². The van der Waals surface area contributed by atoms with Crippen molar-refractivity contribution in [3.8, 4) is 5.75 Å². The van der Waals surface area contributed by atoms with E-state index in [9.17, 15) is 0 Å². The van der Waals surface area contributed by atoms with Crippen molar-refractivity contribution in [2.75, 3.05) is 24.3 Å². The Hall–Kier alpha value is -2.56. The van der Waals surface area contributed by atoms with Crippen molar-refractivity contribution in [3.63, 3.8) is 0 Å². The first-order valence-corrected chi connectivity index (χ1v) is 6.78. The predicted molar refractivity (Wildman–Crippen MR) is 85.8 cm³/mol. The van der Waals surface area contributed by atoms with E-state index in [1.54, 1.807) is 13.2 Å². The lowest BCUT2D eigenvalue weighted by atomic mass is 10.2. The number of nitrogens with one attached hydrogen (secondary N) is 2. The van der Waals surface area contributed by atoms with E-state index in [-0.39, 0.29) is 0 Å². The molecule has 1 aromatic carbocycles. The molecule has 2 rings (SSSR count). The van der Waals surface area contributed by atoms with Crippen LogP contribution < -0.4 is 15.4 Å². The number of anilines is 2. The Morgan fingerprint density at radius 2 is 1.95 bits per heavy atom. The van der Waals surface area contributed by atoms with Gasteiger partial charge < -0.3 is 15.4 Å². The fraction of sp³-hybridized carbons (Fsp3) is 0.250. The van der Waals surface area contributed by atoms with Crippen LogP contribution in [0.1, 0.15) is 11.3 Å². The molecule has 0 saturated carbocycles. The van der Waals surface area contributed by atoms with Gasteiger partial charge in [0.05, 0.1) is 7.11 Å². The van der Waals surface area contributed by atoms with Gasteiger partial charge >= 0.3 is 0 Å². The summed E-state index contributed by atoms with van der Waals surface area (Å²) in [6.07, 6.45) is 1.79. The summed E-state index contributed by atoms with van der Waals surface area (Å²) in [5.74, 6) is 2.25. The van der Waals surface area contributed by atoms with Gasteiger partial charge in [0, 0.05) is 24.8 Å². The molecule has 0 spiro atoms. The number of ether oxygens (including phenoxy) is 1. The summed E-state index contributed by atoms with van der Waals surface area (Å²) in [4.78, 5) is 8.79. The van der Waals surface area contributed by atoms with E-state index < -0.39 is 0 Å². The molecule has 0 aliphatic rings. The summed E-state index contributed by atoms with van der Waals surface area (Å²) < 4.78 is 5.14. The second-order valence-corrected chi connectivity index (χ2v) is 4.59. The SMILES string of the molecule is C=CCNc1cc(C)nc(NCc2ccc(OC)cc2)n1. The minimum absolute atomic E-state index is 0.609. The predicted octanol–water partition coefficient (Wildman–Crippen LogP) is 3.00. The van der Waals surface area contributed by atoms with Gasteiger partial charge in [0.25, 0.3) is 0 Å². The van der Waals surface area contributed by atoms with E-state index >= 15 is 0 Å². The molecule has 0 saturated heterocycles. The Labute approximate surface area is 125 Å². The molecule has 0 fully saturated rings. The first kappa shape index (κ1) is 14.8. The lowest BCUT2D eigenvalue weighted by molar-refractivity contribution is 0.414. The molecule has 1 heterocycles. The maximum atomic E-state index is 5.14. The average Bonchev–Trinajstić information content (AvgIpc) is 2.51. The molecule has 0 bridgehead atoms. The standard InChI is InChI=1S/C16H20N4O/c1-4-9-17-15-10-12(2)19-16(20-15)18-11-13-5-7-14(21-3)8-6-13/h4-8,10H,1,9,11H2,2-3H3,(H2,17,18,19,20). The molecule has 5 nitrogen and oxygen atoms in total. The molecular formula is C16H20N4O. The molecule has 0 amide bonds. The lowest BCUT2D eigenvalue weighted by Crippen LogP contribution is -2.08. The molecule has 0 aliphatic carbocycles. The van der Waals surface area contributed by atoms with Gasteiger partial charge in [-0.3, -0.25) is 0 Å². The van der Waals surface area contributed by atoms with Gasteiger partial charge in [-0.1, -0.05) is 18.2 Å². The second kappa shape index (κ2) is 7.28. The molecule has 5 heteroatoms. The number of aromatic nitrogens is 2. The van der Waals surface area contributed by atoms with Crippen LogP contribution in [0.2, 0.25) is 0 Å². The molecule has 0 unspecified atom stereocenters. The molecule has 0 atom stereocenters. The van der Waals surface area contributed by atoms with Gasteiger partial charge in [0.2, 0.25) is 5.95 Å². The zero-order valence-corrected chi connectivity index (χ0v) is 12.4. The fourth-order valence-electron chi connectivity index (χ4n) is 1.84. The number of rotatable bonds is 7. The van der Waals surface area contributed by atoms with Gasteiger partial charge in [-0.15, -0.1) is 6.58 Å². The molecule has 110 valence electrons. The van der Waals surface area contributed by atoms with Crippen molar-refractivity contribution in [1.82, 2.24) is 9.97 Å². The number of benzene rings is 1. The lowest BCUT2D eigenvalue weighted by Gasteiger charge is -2.09. The highest BCUT2D eigenvalue weighted by atomic mass is 16.5. The minimum atomic E-state index is 0.609. The summed E-state index contributed by atoms with van der Waals surface area (Å²) in [6.45, 7) is 6.96. The van der Waals surface area contributed by atoms with Crippen LogP contribution in [0.25, 0.3) is 0 Å². The van der Waals surface area contributed by atoms with Crippen molar-refractivity contribution >= 4 is 11.8 Å². The number of hydrogen-bond donors (Lipinski definition) is 2. The first-order valence-electron chi connectivity index (χ1n) is 6.78. The normalized spacial score (nSPS) is 10.0. The van der Waals surface area contributed by atoms with Gasteiger partial charge in [0.1, 0.15) is 11.6 Å². The first-order chi connectivity index (χ1) is 10.2. The summed E-state index contributed by atoms with van der Waals surface area (Å²) >= 11 is 0. The monoisotopic (exact) mass is 284 g/mol. The van der Waals surface area contributed by atoms with Crippen molar-refractivity contribution in [3.05, 3.63) is 54.2 Å². The maximum absolute atomic E-state index is 5.14. The van der Waals surface area contributed by atoms with E-state index in [1.165, 1.54) is 0 Å². The highest BCUT2D eigenvalue weighted by Gasteiger charge is 2.02. The number of hydrogen-bond acceptors (Lipinski definition) is 5. The van der Waals surface area contributed by atoms with Gasteiger partial charge in [-0.25, -0.2) is 4.98 Å². The van der Waals surface area contributed by atoms with Gasteiger partial charge in [-0.05, 0) is 24.6 Å². The zero-order chi connectivity index (χ0) is 15.1. The Bertz CT molecular complexity index is 596. The molecule has 0 radical (unpaired) electrons. The van der Waals surface area contributed by atoms with Crippen LogP contribution in [0.5, 0.6) is 5.75 Å². The van der Waals surface area contributed by atoms with Crippen LogP contribution in [0, 0.1) is 6.92 Å².